The zero-order valence-electron chi connectivity index (χ0n) is 33.0. The Bertz CT molecular complexity index is 2200. The number of aromatic amines is 2. The van der Waals surface area contributed by atoms with Crippen molar-refractivity contribution in [3.8, 4) is 23.0 Å². The van der Waals surface area contributed by atoms with Gasteiger partial charge in [-0.05, 0) is 119 Å². The first-order valence-corrected chi connectivity index (χ1v) is 19.8. The first kappa shape index (κ1) is 41.1. The summed E-state index contributed by atoms with van der Waals surface area (Å²) >= 11 is 0. The third-order valence-electron chi connectivity index (χ3n) is 10.9. The van der Waals surface area contributed by atoms with Crippen molar-refractivity contribution in [1.82, 2.24) is 15.3 Å². The van der Waals surface area contributed by atoms with Crippen molar-refractivity contribution in [2.75, 3.05) is 20.4 Å². The van der Waals surface area contributed by atoms with Crippen LogP contribution in [-0.4, -0.2) is 68.8 Å². The van der Waals surface area contributed by atoms with Gasteiger partial charge in [0.25, 0.3) is 0 Å². The molecule has 10 heteroatoms. The van der Waals surface area contributed by atoms with Crippen molar-refractivity contribution >= 4 is 16.6 Å². The molecule has 57 heavy (non-hydrogen) atoms. The number of methoxy groups -OCH3 is 1. The van der Waals surface area contributed by atoms with Gasteiger partial charge in [0.15, 0.2) is 23.0 Å². The number of H-pyrrole nitrogens is 2. The molecule has 0 aliphatic rings. The van der Waals surface area contributed by atoms with Crippen LogP contribution in [0.15, 0.2) is 104 Å². The molecule has 7 N–H and O–H groups in total. The molecule has 0 saturated carbocycles. The van der Waals surface area contributed by atoms with E-state index in [4.69, 9.17) is 9.47 Å². The molecule has 0 radical (unpaired) electrons. The zero-order valence-corrected chi connectivity index (χ0v) is 33.0. The Labute approximate surface area is 334 Å². The lowest BCUT2D eigenvalue weighted by atomic mass is 9.81. The van der Waals surface area contributed by atoms with Crippen LogP contribution in [0.2, 0.25) is 0 Å². The number of aliphatic hydroxyl groups is 2. The molecule has 10 nitrogen and oxygen atoms in total. The molecule has 2 aromatic heterocycles. The topological polar surface area (TPSA) is 160 Å². The Balaban J connectivity index is 1.28. The van der Waals surface area contributed by atoms with Gasteiger partial charge in [-0.2, -0.15) is 0 Å². The summed E-state index contributed by atoms with van der Waals surface area (Å²) in [6.07, 6.45) is 9.10. The number of phenols is 2. The van der Waals surface area contributed by atoms with E-state index in [0.29, 0.717) is 44.4 Å². The van der Waals surface area contributed by atoms with E-state index < -0.39 is 18.1 Å². The molecule has 0 amide bonds. The third kappa shape index (κ3) is 10.7. The molecule has 0 fully saturated rings. The lowest BCUT2D eigenvalue weighted by molar-refractivity contribution is -0.125. The van der Waals surface area contributed by atoms with Gasteiger partial charge in [-0.15, -0.1) is 0 Å². The van der Waals surface area contributed by atoms with Crippen LogP contribution in [0.4, 0.5) is 0 Å². The number of aryl methyl sites for hydroxylation is 1. The number of hydrogen-bond donors (Lipinski definition) is 7. The van der Waals surface area contributed by atoms with E-state index in [2.05, 4.69) is 46.5 Å². The van der Waals surface area contributed by atoms with E-state index in [1.165, 1.54) is 11.1 Å². The summed E-state index contributed by atoms with van der Waals surface area (Å²) < 4.78 is 11.6. The molecule has 4 atom stereocenters. The summed E-state index contributed by atoms with van der Waals surface area (Å²) in [7, 11) is 1.57. The van der Waals surface area contributed by atoms with E-state index in [0.717, 1.165) is 45.0 Å². The van der Waals surface area contributed by atoms with Gasteiger partial charge < -0.3 is 39.9 Å². The molecule has 0 bridgehead atoms. The van der Waals surface area contributed by atoms with Gasteiger partial charge in [0, 0.05) is 55.7 Å². The molecule has 2 heterocycles. The summed E-state index contributed by atoms with van der Waals surface area (Å²) in [6, 6.07) is 25.2. The second kappa shape index (κ2) is 19.5. The third-order valence-corrected chi connectivity index (χ3v) is 10.9. The number of Topliss-reactive ketones (excluding diaryl/α,β-unsaturated/α-hetero) is 1. The summed E-state index contributed by atoms with van der Waals surface area (Å²) in [5, 5.41) is 48.5. The first-order chi connectivity index (χ1) is 27.6. The molecule has 0 aliphatic carbocycles. The normalized spacial score (nSPS) is 13.6. The quantitative estimate of drug-likeness (QED) is 0.0299. The Hall–Kier alpha value is -5.55. The second-order valence-electron chi connectivity index (χ2n) is 15.1. The predicted octanol–water partition coefficient (Wildman–Crippen LogP) is 7.20. The Morgan fingerprint density at radius 1 is 0.789 bits per heavy atom. The number of hydrogen-bond acceptors (Lipinski definition) is 8. The fraction of sp³-hybridized carbons (Fsp3) is 0.340. The number of benzene rings is 4. The van der Waals surface area contributed by atoms with Gasteiger partial charge in [-0.3, -0.25) is 10.1 Å². The average Bonchev–Trinajstić information content (AvgIpc) is 3.93. The van der Waals surface area contributed by atoms with Crippen molar-refractivity contribution in [1.29, 1.82) is 0 Å². The maximum atomic E-state index is 14.4. The van der Waals surface area contributed by atoms with E-state index >= 15 is 0 Å². The van der Waals surface area contributed by atoms with E-state index in [-0.39, 0.29) is 42.1 Å². The fourth-order valence-corrected chi connectivity index (χ4v) is 7.87. The molecule has 6 aromatic rings. The van der Waals surface area contributed by atoms with Crippen molar-refractivity contribution in [2.24, 2.45) is 11.8 Å². The maximum Gasteiger partial charge on any atom is 0.164 e. The number of phenolic OH excluding ortho intramolecular Hbond substituents is 2. The Morgan fingerprint density at radius 3 is 2.19 bits per heavy atom. The highest BCUT2D eigenvalue weighted by Crippen LogP contribution is 2.38. The number of fused-ring (bicyclic) bond motifs is 1. The second-order valence-corrected chi connectivity index (χ2v) is 15.1. The molecule has 4 unspecified atom stereocenters. The number of ketones is 1. The number of aliphatic hydroxyl groups excluding tert-OH is 2. The molecule has 0 saturated heterocycles. The van der Waals surface area contributed by atoms with Crippen LogP contribution in [0.25, 0.3) is 10.8 Å². The van der Waals surface area contributed by atoms with Crippen LogP contribution in [0.5, 0.6) is 23.0 Å². The van der Waals surface area contributed by atoms with Crippen LogP contribution in [-0.2, 0) is 43.3 Å². The minimum absolute atomic E-state index is 0.0225. The van der Waals surface area contributed by atoms with Gasteiger partial charge in [0.2, 0.25) is 0 Å². The van der Waals surface area contributed by atoms with Crippen LogP contribution >= 0.6 is 0 Å². The highest BCUT2D eigenvalue weighted by atomic mass is 16.5. The Morgan fingerprint density at radius 2 is 1.49 bits per heavy atom. The molecule has 0 aliphatic heterocycles. The zero-order chi connectivity index (χ0) is 40.3. The number of nitrogens with one attached hydrogen (secondary N) is 3. The van der Waals surface area contributed by atoms with Crippen LogP contribution < -0.4 is 14.8 Å². The number of carbonyl (C=O) groups is 1. The van der Waals surface area contributed by atoms with Crippen LogP contribution in [0.3, 0.4) is 0 Å². The Kier molecular flexibility index (Phi) is 14.1. The van der Waals surface area contributed by atoms with Crippen molar-refractivity contribution in [3.05, 3.63) is 143 Å². The number of rotatable bonds is 21. The van der Waals surface area contributed by atoms with E-state index in [1.807, 2.05) is 55.1 Å². The molecule has 4 aromatic carbocycles. The smallest absolute Gasteiger partial charge is 0.164 e. The van der Waals surface area contributed by atoms with Crippen LogP contribution in [0, 0.1) is 11.8 Å². The van der Waals surface area contributed by atoms with Gasteiger partial charge >= 0.3 is 0 Å². The highest BCUT2D eigenvalue weighted by molar-refractivity contribution is 5.87. The lowest BCUT2D eigenvalue weighted by Gasteiger charge is -2.26. The monoisotopic (exact) mass is 773 g/mol. The summed E-state index contributed by atoms with van der Waals surface area (Å²) in [5.41, 5.74) is 6.99. The summed E-state index contributed by atoms with van der Waals surface area (Å²) in [6.45, 7) is 4.25. The fourth-order valence-electron chi connectivity index (χ4n) is 7.87. The maximum absolute atomic E-state index is 14.4. The van der Waals surface area contributed by atoms with Gasteiger partial charge in [-0.25, -0.2) is 0 Å². The number of ether oxygens (including phenoxy) is 2. The highest BCUT2D eigenvalue weighted by Gasteiger charge is 2.29. The minimum Gasteiger partial charge on any atom is -0.504 e. The van der Waals surface area contributed by atoms with E-state index in [9.17, 15) is 25.2 Å². The predicted molar refractivity (Wildman–Crippen MR) is 223 cm³/mol. The average molecular weight is 774 g/mol. The summed E-state index contributed by atoms with van der Waals surface area (Å²) in [5.74, 6) is -0.145. The van der Waals surface area contributed by atoms with Gasteiger partial charge in [0.1, 0.15) is 12.5 Å². The molecule has 0 spiro atoms. The number of carbonyl (C=O) groups excluding carboxylic acids is 1. The minimum atomic E-state index is -0.976. The van der Waals surface area contributed by atoms with Crippen molar-refractivity contribution in [2.45, 2.75) is 71.0 Å². The van der Waals surface area contributed by atoms with Crippen molar-refractivity contribution < 1.29 is 34.7 Å². The molecular weight excluding hydrogens is 719 g/mol. The number of aromatic nitrogens is 2. The van der Waals surface area contributed by atoms with Gasteiger partial charge in [0.05, 0.1) is 19.3 Å². The van der Waals surface area contributed by atoms with Crippen molar-refractivity contribution in [3.63, 3.8) is 0 Å². The largest absolute Gasteiger partial charge is 0.504 e. The number of aromatic hydroxyl groups is 2. The standard InChI is InChI=1S/C47H55N3O7/c1-4-34-10-11-35-7-5-6-8-39(35)40(34)24-41-36(12-14-43(53)47(41)56-3)23-38(21-33-16-18-49-28-33)45(55)25-44(54)37(20-32-15-17-48-27-32)19-31-9-13-42(52)46(22-31)57-29-50-26-30(2)51/h5-18,22,27-28,30,37-38,45,48-53,55H,4,19-21,23-26,29H2,1-3H3. The SMILES string of the molecule is CCc1ccc2ccccc2c1Cc1c(CC(Cc2cc[nH]c2)C(O)CC(=O)C(Cc2cc[nH]c2)Cc2ccc(O)c(OCNCC(C)O)c2)ccc(O)c1OC. The van der Waals surface area contributed by atoms with Gasteiger partial charge in [-0.1, -0.05) is 55.5 Å². The van der Waals surface area contributed by atoms with Crippen LogP contribution in [0.1, 0.15) is 59.2 Å². The molecule has 300 valence electrons. The first-order valence-electron chi connectivity index (χ1n) is 19.8. The molecular formula is C47H55N3O7. The lowest BCUT2D eigenvalue weighted by Crippen LogP contribution is -2.31. The van der Waals surface area contributed by atoms with E-state index in [1.54, 1.807) is 38.3 Å². The molecule has 6 rings (SSSR count). The summed E-state index contributed by atoms with van der Waals surface area (Å²) in [4.78, 5) is 20.6.